The van der Waals surface area contributed by atoms with Gasteiger partial charge in [-0.3, -0.25) is 9.69 Å². The largest absolute Gasteiger partial charge is 0.495 e. The molecule has 1 atom stereocenters. The topological polar surface area (TPSA) is 80.5 Å². The van der Waals surface area contributed by atoms with E-state index >= 15 is 0 Å². The van der Waals surface area contributed by atoms with E-state index in [4.69, 9.17) is 20.9 Å². The van der Waals surface area contributed by atoms with Gasteiger partial charge in [-0.15, -0.1) is 0 Å². The van der Waals surface area contributed by atoms with Gasteiger partial charge in [-0.1, -0.05) is 35.0 Å². The summed E-state index contributed by atoms with van der Waals surface area (Å²) in [6.07, 6.45) is 1.70. The van der Waals surface area contributed by atoms with Crippen LogP contribution in [-0.4, -0.2) is 40.6 Å². The highest BCUT2D eigenvalue weighted by Crippen LogP contribution is 2.28. The minimum absolute atomic E-state index is 0.0639. The number of aromatic nitrogens is 2. The molecule has 0 aliphatic carbocycles. The molecule has 0 bridgehead atoms. The number of anilines is 1. The minimum Gasteiger partial charge on any atom is -0.495 e. The van der Waals surface area contributed by atoms with E-state index in [0.29, 0.717) is 34.7 Å². The molecule has 156 valence electrons. The molecule has 1 aliphatic heterocycles. The highest BCUT2D eigenvalue weighted by Gasteiger charge is 2.32. The van der Waals surface area contributed by atoms with Gasteiger partial charge in [0.15, 0.2) is 0 Å². The third kappa shape index (κ3) is 4.47. The van der Waals surface area contributed by atoms with E-state index in [2.05, 4.69) is 20.4 Å². The van der Waals surface area contributed by atoms with Crippen molar-refractivity contribution < 1.29 is 14.1 Å². The number of carbonyl (C=O) groups is 1. The average molecular weight is 427 g/mol. The van der Waals surface area contributed by atoms with Crippen LogP contribution < -0.4 is 10.1 Å². The first-order chi connectivity index (χ1) is 14.5. The zero-order valence-electron chi connectivity index (χ0n) is 16.9. The number of aryl methyl sites for hydroxylation is 1. The Morgan fingerprint density at radius 2 is 2.20 bits per heavy atom. The molecule has 0 radical (unpaired) electrons. The van der Waals surface area contributed by atoms with E-state index in [9.17, 15) is 4.79 Å². The second-order valence-corrected chi connectivity index (χ2v) is 7.78. The number of benzene rings is 2. The number of hydrogen-bond acceptors (Lipinski definition) is 6. The van der Waals surface area contributed by atoms with Crippen LogP contribution in [0.4, 0.5) is 5.69 Å². The first-order valence-electron chi connectivity index (χ1n) is 9.81. The maximum atomic E-state index is 13.0. The lowest BCUT2D eigenvalue weighted by Crippen LogP contribution is -2.39. The maximum absolute atomic E-state index is 13.0. The number of hydrogen-bond donors (Lipinski definition) is 1. The fourth-order valence-electron chi connectivity index (χ4n) is 3.69. The third-order valence-corrected chi connectivity index (χ3v) is 5.40. The molecule has 30 heavy (non-hydrogen) atoms. The van der Waals surface area contributed by atoms with Gasteiger partial charge in [-0.2, -0.15) is 4.98 Å². The molecule has 4 rings (SSSR count). The van der Waals surface area contributed by atoms with E-state index in [1.54, 1.807) is 19.2 Å². The Kier molecular flexibility index (Phi) is 6.01. The Bertz CT molecular complexity index is 1050. The van der Waals surface area contributed by atoms with Crippen LogP contribution in [0.15, 0.2) is 47.0 Å². The Balaban J connectivity index is 1.45. The van der Waals surface area contributed by atoms with E-state index in [1.165, 1.54) is 0 Å². The van der Waals surface area contributed by atoms with Crippen molar-refractivity contribution in [2.24, 2.45) is 0 Å². The Morgan fingerprint density at radius 1 is 1.33 bits per heavy atom. The Morgan fingerprint density at radius 3 is 3.00 bits per heavy atom. The van der Waals surface area contributed by atoms with Crippen molar-refractivity contribution in [1.29, 1.82) is 0 Å². The molecule has 0 spiro atoms. The van der Waals surface area contributed by atoms with Crippen LogP contribution in [0.5, 0.6) is 5.75 Å². The van der Waals surface area contributed by atoms with Gasteiger partial charge >= 0.3 is 0 Å². The van der Waals surface area contributed by atoms with Gasteiger partial charge in [-0.05, 0) is 56.1 Å². The van der Waals surface area contributed by atoms with Gasteiger partial charge in [0, 0.05) is 10.6 Å². The molecule has 1 amide bonds. The van der Waals surface area contributed by atoms with Crippen LogP contribution >= 0.6 is 11.6 Å². The normalized spacial score (nSPS) is 16.6. The second-order valence-electron chi connectivity index (χ2n) is 7.34. The lowest BCUT2D eigenvalue weighted by atomic mass is 10.1. The number of ether oxygens (including phenoxy) is 1. The molecule has 1 fully saturated rings. The highest BCUT2D eigenvalue weighted by atomic mass is 35.5. The zero-order valence-corrected chi connectivity index (χ0v) is 17.6. The summed E-state index contributed by atoms with van der Waals surface area (Å²) in [5, 5.41) is 7.67. The van der Waals surface area contributed by atoms with Gasteiger partial charge in [0.05, 0.1) is 25.4 Å². The van der Waals surface area contributed by atoms with Gasteiger partial charge in [0.25, 0.3) is 0 Å². The summed E-state index contributed by atoms with van der Waals surface area (Å²) in [6, 6.07) is 12.7. The number of halogens is 1. The number of nitrogens with one attached hydrogen (secondary N) is 1. The zero-order chi connectivity index (χ0) is 21.1. The van der Waals surface area contributed by atoms with E-state index in [0.717, 1.165) is 30.5 Å². The maximum Gasteiger partial charge on any atom is 0.241 e. The number of carbonyl (C=O) groups excluding carboxylic acids is 1. The number of rotatable bonds is 6. The standard InChI is InChI=1S/C22H23ClN4O3/c1-14-8-9-19(29-2)17(11-14)24-22(28)18-7-4-10-27(18)13-20-25-21(26-30-20)15-5-3-6-16(23)12-15/h3,5-6,8-9,11-12,18H,4,7,10,13H2,1-2H3,(H,24,28). The summed E-state index contributed by atoms with van der Waals surface area (Å²) in [4.78, 5) is 19.5. The lowest BCUT2D eigenvalue weighted by molar-refractivity contribution is -0.120. The van der Waals surface area contributed by atoms with E-state index in [1.807, 2.05) is 37.3 Å². The fourth-order valence-corrected chi connectivity index (χ4v) is 3.88. The monoisotopic (exact) mass is 426 g/mol. The number of likely N-dealkylation sites (tertiary alicyclic amines) is 1. The first-order valence-corrected chi connectivity index (χ1v) is 10.2. The molecule has 7 nitrogen and oxygen atoms in total. The van der Waals surface area contributed by atoms with Crippen molar-refractivity contribution in [3.05, 3.63) is 58.9 Å². The van der Waals surface area contributed by atoms with Crippen LogP contribution in [0.25, 0.3) is 11.4 Å². The van der Waals surface area contributed by atoms with Crippen LogP contribution in [0.3, 0.4) is 0 Å². The number of amides is 1. The van der Waals surface area contributed by atoms with Crippen molar-refractivity contribution in [3.63, 3.8) is 0 Å². The average Bonchev–Trinajstić information content (AvgIpc) is 3.38. The fraction of sp³-hybridized carbons (Fsp3) is 0.318. The SMILES string of the molecule is COc1ccc(C)cc1NC(=O)C1CCCN1Cc1nc(-c2cccc(Cl)c2)no1. The molecule has 1 saturated heterocycles. The molecule has 2 heterocycles. The van der Waals surface area contributed by atoms with Gasteiger partial charge < -0.3 is 14.6 Å². The van der Waals surface area contributed by atoms with Crippen LogP contribution in [-0.2, 0) is 11.3 Å². The Hall–Kier alpha value is -2.90. The molecule has 2 aromatic carbocycles. The molecule has 0 saturated carbocycles. The summed E-state index contributed by atoms with van der Waals surface area (Å²) in [7, 11) is 1.59. The van der Waals surface area contributed by atoms with Crippen LogP contribution in [0.1, 0.15) is 24.3 Å². The predicted octanol–water partition coefficient (Wildman–Crippen LogP) is 4.31. The van der Waals surface area contributed by atoms with E-state index < -0.39 is 0 Å². The van der Waals surface area contributed by atoms with Gasteiger partial charge in [0.1, 0.15) is 5.75 Å². The minimum atomic E-state index is -0.267. The summed E-state index contributed by atoms with van der Waals surface area (Å²) in [6.45, 7) is 3.18. The van der Waals surface area contributed by atoms with Crippen molar-refractivity contribution in [2.45, 2.75) is 32.4 Å². The molecule has 1 unspecified atom stereocenters. The predicted molar refractivity (Wildman–Crippen MR) is 115 cm³/mol. The lowest BCUT2D eigenvalue weighted by Gasteiger charge is -2.22. The van der Waals surface area contributed by atoms with E-state index in [-0.39, 0.29) is 11.9 Å². The quantitative estimate of drug-likeness (QED) is 0.632. The third-order valence-electron chi connectivity index (χ3n) is 5.17. The summed E-state index contributed by atoms with van der Waals surface area (Å²) in [5.41, 5.74) is 2.52. The molecular weight excluding hydrogens is 404 g/mol. The summed E-state index contributed by atoms with van der Waals surface area (Å²) in [5.74, 6) is 1.53. The van der Waals surface area contributed by atoms with Gasteiger partial charge in [-0.25, -0.2) is 0 Å². The molecule has 1 aromatic heterocycles. The summed E-state index contributed by atoms with van der Waals surface area (Å²) < 4.78 is 10.8. The van der Waals surface area contributed by atoms with Crippen LogP contribution in [0.2, 0.25) is 5.02 Å². The molecule has 1 N–H and O–H groups in total. The molecule has 3 aromatic rings. The van der Waals surface area contributed by atoms with Gasteiger partial charge in [0.2, 0.25) is 17.6 Å². The first kappa shape index (κ1) is 20.4. The smallest absolute Gasteiger partial charge is 0.241 e. The number of nitrogens with zero attached hydrogens (tertiary/aromatic N) is 3. The molecular formula is C22H23ClN4O3. The van der Waals surface area contributed by atoms with Crippen molar-refractivity contribution in [2.75, 3.05) is 19.0 Å². The number of methoxy groups -OCH3 is 1. The highest BCUT2D eigenvalue weighted by molar-refractivity contribution is 6.30. The molecule has 8 heteroatoms. The van der Waals surface area contributed by atoms with Crippen molar-refractivity contribution in [3.8, 4) is 17.1 Å². The molecule has 1 aliphatic rings. The second kappa shape index (κ2) is 8.85. The van der Waals surface area contributed by atoms with Crippen molar-refractivity contribution >= 4 is 23.2 Å². The Labute approximate surface area is 180 Å². The van der Waals surface area contributed by atoms with Crippen LogP contribution in [0, 0.1) is 6.92 Å². The van der Waals surface area contributed by atoms with Crippen molar-refractivity contribution in [1.82, 2.24) is 15.0 Å². The summed E-state index contributed by atoms with van der Waals surface area (Å²) >= 11 is 6.04.